The lowest BCUT2D eigenvalue weighted by molar-refractivity contribution is -0.140. The van der Waals surface area contributed by atoms with Crippen LogP contribution in [0.2, 0.25) is 0 Å². The van der Waals surface area contributed by atoms with Crippen LogP contribution in [0.15, 0.2) is 89.8 Å². The van der Waals surface area contributed by atoms with Gasteiger partial charge in [-0.05, 0) is 132 Å². The van der Waals surface area contributed by atoms with E-state index in [1.807, 2.05) is 39.8 Å². The summed E-state index contributed by atoms with van der Waals surface area (Å²) >= 11 is 0. The Hall–Kier alpha value is -4.57. The molecule has 6 nitrogen and oxygen atoms in total. The van der Waals surface area contributed by atoms with Crippen LogP contribution in [0, 0.1) is 41.2 Å². The number of sulfonamides is 1. The molecule has 1 atom stereocenters. The lowest BCUT2D eigenvalue weighted by Crippen LogP contribution is -2.44. The highest BCUT2D eigenvalue weighted by Crippen LogP contribution is 2.31. The highest BCUT2D eigenvalue weighted by atomic mass is 32.2. The standard InChI is InChI=1S/C15H23NO4S.C11H12F4.C11H13F3.C11H14F2O/c1-10(2)9-12-5-7-13(8-6-12)21(19,20)16-14(11(3)4)15(17)18;1-7(2)5-8-6-9(11(13,14)15)3-4-10(8)12;1-7(2)5-8-3-4-10(12)9(6-8)11(13)14;1-8(2)7-9-3-5-10(6-4-9)14-11(12)13/h5-8,10-11,14,16H,9H2,1-4H3,(H,17,18);3-4,6-7H,5H2,1-2H3;3-4,6-7,11H,5H2,1-2H3;3-6,8,11H,7H2,1-2H3/t14-;;;/m0.../s1. The quantitative estimate of drug-likeness (QED) is 0.109. The van der Waals surface area contributed by atoms with E-state index in [-0.39, 0.29) is 28.0 Å². The zero-order valence-corrected chi connectivity index (χ0v) is 38.7. The maximum Gasteiger partial charge on any atom is 0.416 e. The third kappa shape index (κ3) is 22.4. The van der Waals surface area contributed by atoms with E-state index in [1.165, 1.54) is 18.2 Å². The molecule has 0 aliphatic rings. The molecule has 4 aromatic rings. The molecular weight excluding hydrogens is 874 g/mol. The van der Waals surface area contributed by atoms with Gasteiger partial charge in [-0.1, -0.05) is 99.6 Å². The zero-order valence-electron chi connectivity index (χ0n) is 37.9. The molecule has 0 saturated heterocycles. The van der Waals surface area contributed by atoms with Crippen LogP contribution in [0.5, 0.6) is 5.75 Å². The van der Waals surface area contributed by atoms with Crippen molar-refractivity contribution in [2.24, 2.45) is 29.6 Å². The largest absolute Gasteiger partial charge is 0.480 e. The van der Waals surface area contributed by atoms with Crippen LogP contribution < -0.4 is 9.46 Å². The Morgan fingerprint density at radius 2 is 1.06 bits per heavy atom. The number of alkyl halides is 7. The maximum atomic E-state index is 13.2. The lowest BCUT2D eigenvalue weighted by atomic mass is 10.0. The Bertz CT molecular complexity index is 2060. The van der Waals surface area contributed by atoms with E-state index in [4.69, 9.17) is 5.11 Å². The summed E-state index contributed by atoms with van der Waals surface area (Å²) in [6.07, 6.45) is -4.30. The number of carbonyl (C=O) groups is 1. The number of rotatable bonds is 16. The van der Waals surface area contributed by atoms with Crippen molar-refractivity contribution in [1.29, 1.82) is 0 Å². The molecule has 0 spiro atoms. The van der Waals surface area contributed by atoms with E-state index in [2.05, 4.69) is 37.2 Å². The summed E-state index contributed by atoms with van der Waals surface area (Å²) in [6.45, 7) is 16.6. The van der Waals surface area contributed by atoms with Gasteiger partial charge in [-0.25, -0.2) is 26.0 Å². The molecule has 0 saturated carbocycles. The number of hydrogen-bond donors (Lipinski definition) is 2. The summed E-state index contributed by atoms with van der Waals surface area (Å²) in [5, 5.41) is 9.07. The van der Waals surface area contributed by atoms with Crippen LogP contribution in [0.25, 0.3) is 0 Å². The Morgan fingerprint density at radius 3 is 1.47 bits per heavy atom. The maximum absolute atomic E-state index is 13.2. The van der Waals surface area contributed by atoms with Crippen molar-refractivity contribution in [2.75, 3.05) is 0 Å². The minimum Gasteiger partial charge on any atom is -0.480 e. The fourth-order valence-electron chi connectivity index (χ4n) is 5.97. The number of benzene rings is 4. The normalized spacial score (nSPS) is 12.2. The Morgan fingerprint density at radius 1 is 0.625 bits per heavy atom. The average Bonchev–Trinajstić information content (AvgIpc) is 3.15. The first-order valence-corrected chi connectivity index (χ1v) is 22.3. The van der Waals surface area contributed by atoms with Gasteiger partial charge in [0.2, 0.25) is 10.0 Å². The number of ether oxygens (including phenoxy) is 1. The first-order valence-electron chi connectivity index (χ1n) is 20.8. The van der Waals surface area contributed by atoms with Crippen LogP contribution >= 0.6 is 0 Å². The SMILES string of the molecule is CC(C)Cc1cc(C(F)(F)F)ccc1F.CC(C)Cc1ccc(F)c(C(F)F)c1.CC(C)Cc1ccc(OC(F)F)cc1.CC(C)Cc1ccc(S(=O)(=O)N[C@H](C(=O)O)C(C)C)cc1. The van der Waals surface area contributed by atoms with Crippen molar-refractivity contribution >= 4 is 16.0 Å². The smallest absolute Gasteiger partial charge is 0.416 e. The van der Waals surface area contributed by atoms with Gasteiger partial charge in [0, 0.05) is 0 Å². The van der Waals surface area contributed by atoms with Gasteiger partial charge in [0.05, 0.1) is 16.0 Å². The van der Waals surface area contributed by atoms with E-state index < -0.39 is 64.0 Å². The topological polar surface area (TPSA) is 92.7 Å². The van der Waals surface area contributed by atoms with Gasteiger partial charge >= 0.3 is 18.8 Å². The summed E-state index contributed by atoms with van der Waals surface area (Å²) in [7, 11) is -3.83. The van der Waals surface area contributed by atoms with E-state index in [9.17, 15) is 52.7 Å². The van der Waals surface area contributed by atoms with Gasteiger partial charge in [0.25, 0.3) is 6.43 Å². The number of carboxylic acids is 1. The monoisotopic (exact) mass is 935 g/mol. The lowest BCUT2D eigenvalue weighted by Gasteiger charge is -2.18. The van der Waals surface area contributed by atoms with Crippen molar-refractivity contribution in [3.63, 3.8) is 0 Å². The molecule has 0 aliphatic carbocycles. The minimum absolute atomic E-state index is 0.0851. The molecule has 0 heterocycles. The summed E-state index contributed by atoms with van der Waals surface area (Å²) in [6, 6.07) is 18.6. The summed E-state index contributed by atoms with van der Waals surface area (Å²) in [5.74, 6) is -1.13. The predicted molar refractivity (Wildman–Crippen MR) is 233 cm³/mol. The zero-order chi connectivity index (χ0) is 49.1. The van der Waals surface area contributed by atoms with E-state index >= 15 is 0 Å². The molecule has 0 amide bonds. The molecule has 0 bridgehead atoms. The molecule has 0 radical (unpaired) electrons. The highest BCUT2D eigenvalue weighted by molar-refractivity contribution is 7.89. The number of carboxylic acid groups (broad SMARTS) is 1. The number of hydrogen-bond acceptors (Lipinski definition) is 4. The first kappa shape index (κ1) is 57.4. The van der Waals surface area contributed by atoms with Crippen LogP contribution in [-0.2, 0) is 46.7 Å². The van der Waals surface area contributed by atoms with Crippen molar-refractivity contribution in [3.8, 4) is 5.75 Å². The van der Waals surface area contributed by atoms with Crippen molar-refractivity contribution < 1.29 is 62.6 Å². The summed E-state index contributed by atoms with van der Waals surface area (Å²) in [5.41, 5.74) is 1.79. The molecule has 0 fully saturated rings. The van der Waals surface area contributed by atoms with Gasteiger partial charge in [-0.15, -0.1) is 0 Å². The molecule has 64 heavy (non-hydrogen) atoms. The molecule has 0 aromatic heterocycles. The van der Waals surface area contributed by atoms with E-state index in [0.717, 1.165) is 53.8 Å². The third-order valence-corrected chi connectivity index (χ3v) is 10.3. The van der Waals surface area contributed by atoms with Crippen molar-refractivity contribution in [3.05, 3.63) is 130 Å². The molecule has 4 rings (SSSR count). The van der Waals surface area contributed by atoms with Gasteiger partial charge in [0.15, 0.2) is 0 Å². The van der Waals surface area contributed by atoms with Crippen LogP contribution in [0.1, 0.15) is 109 Å². The summed E-state index contributed by atoms with van der Waals surface area (Å²) in [4.78, 5) is 11.2. The molecule has 16 heteroatoms. The van der Waals surface area contributed by atoms with Crippen molar-refractivity contribution in [1.82, 2.24) is 4.72 Å². The molecule has 358 valence electrons. The molecule has 4 aromatic carbocycles. The van der Waals surface area contributed by atoms with Crippen LogP contribution in [0.4, 0.5) is 39.5 Å². The molecule has 0 unspecified atom stereocenters. The fraction of sp³-hybridized carbons (Fsp3) is 0.479. The van der Waals surface area contributed by atoms with E-state index in [1.54, 1.807) is 44.2 Å². The average molecular weight is 936 g/mol. The van der Waals surface area contributed by atoms with Gasteiger partial charge < -0.3 is 9.84 Å². The van der Waals surface area contributed by atoms with Crippen LogP contribution in [0.3, 0.4) is 0 Å². The second-order valence-corrected chi connectivity index (χ2v) is 18.9. The number of nitrogens with one attached hydrogen (secondary N) is 1. The Balaban J connectivity index is 0.000000433. The van der Waals surface area contributed by atoms with E-state index in [0.29, 0.717) is 30.6 Å². The van der Waals surface area contributed by atoms with Crippen molar-refractivity contribution in [2.45, 2.75) is 125 Å². The number of aliphatic carboxylic acids is 1. The predicted octanol–water partition coefficient (Wildman–Crippen LogP) is 13.8. The molecule has 2 N–H and O–H groups in total. The molecular formula is C48H62F9NO5S. The Labute approximate surface area is 372 Å². The molecule has 0 aliphatic heterocycles. The summed E-state index contributed by atoms with van der Waals surface area (Å²) < 4.78 is 142. The van der Waals surface area contributed by atoms with Gasteiger partial charge in [0.1, 0.15) is 23.4 Å². The first-order chi connectivity index (χ1) is 29.5. The third-order valence-electron chi connectivity index (χ3n) is 8.83. The second kappa shape index (κ2) is 27.0. The van der Waals surface area contributed by atoms with Gasteiger partial charge in [-0.3, -0.25) is 4.79 Å². The van der Waals surface area contributed by atoms with Crippen LogP contribution in [-0.4, -0.2) is 32.1 Å². The Kier molecular flexibility index (Phi) is 24.3. The van der Waals surface area contributed by atoms with Gasteiger partial charge in [-0.2, -0.15) is 26.7 Å². The fourth-order valence-corrected chi connectivity index (χ4v) is 7.31. The number of halogens is 9. The highest BCUT2D eigenvalue weighted by Gasteiger charge is 2.31. The second-order valence-electron chi connectivity index (χ2n) is 17.2. The minimum atomic E-state index is -4.40.